The molecule has 1 atom stereocenters. The first-order valence-corrected chi connectivity index (χ1v) is 6.02. The lowest BCUT2D eigenvalue weighted by molar-refractivity contribution is -0.0761. The third-order valence-corrected chi connectivity index (χ3v) is 3.30. The molecule has 4 heteroatoms. The Morgan fingerprint density at radius 2 is 2.24 bits per heavy atom. The lowest BCUT2D eigenvalue weighted by Crippen LogP contribution is -2.32. The van der Waals surface area contributed by atoms with Crippen LogP contribution in [0.1, 0.15) is 55.0 Å². The number of ketones is 1. The highest BCUT2D eigenvalue weighted by Crippen LogP contribution is 2.32. The number of hydrogen-bond acceptors (Lipinski definition) is 4. The molecule has 0 saturated carbocycles. The van der Waals surface area contributed by atoms with Crippen LogP contribution in [0, 0.1) is 6.92 Å². The van der Waals surface area contributed by atoms with Gasteiger partial charge in [-0.2, -0.15) is 0 Å². The maximum atomic E-state index is 11.3. The topological polar surface area (TPSA) is 52.1 Å². The summed E-state index contributed by atoms with van der Waals surface area (Å²) in [4.78, 5) is 20.1. The maximum Gasteiger partial charge on any atom is 0.163 e. The second-order valence-electron chi connectivity index (χ2n) is 4.79. The van der Waals surface area contributed by atoms with Gasteiger partial charge in [0.25, 0.3) is 0 Å². The van der Waals surface area contributed by atoms with E-state index >= 15 is 0 Å². The molecule has 1 unspecified atom stereocenters. The first-order valence-electron chi connectivity index (χ1n) is 6.02. The fourth-order valence-corrected chi connectivity index (χ4v) is 2.18. The molecule has 1 saturated heterocycles. The Kier molecular flexibility index (Phi) is 3.24. The molecule has 0 spiro atoms. The van der Waals surface area contributed by atoms with E-state index in [4.69, 9.17) is 4.74 Å². The first-order chi connectivity index (χ1) is 8.03. The lowest BCUT2D eigenvalue weighted by Gasteiger charge is -2.32. The van der Waals surface area contributed by atoms with Crippen molar-refractivity contribution >= 4 is 5.78 Å². The van der Waals surface area contributed by atoms with Crippen LogP contribution in [0.3, 0.4) is 0 Å². The van der Waals surface area contributed by atoms with E-state index in [2.05, 4.69) is 9.97 Å². The molecule has 17 heavy (non-hydrogen) atoms. The highest BCUT2D eigenvalue weighted by atomic mass is 16.5. The third kappa shape index (κ3) is 2.36. The van der Waals surface area contributed by atoms with E-state index in [0.717, 1.165) is 31.6 Å². The molecule has 1 fully saturated rings. The van der Waals surface area contributed by atoms with Crippen molar-refractivity contribution in [1.82, 2.24) is 9.97 Å². The second kappa shape index (κ2) is 4.53. The Balaban J connectivity index is 2.33. The summed E-state index contributed by atoms with van der Waals surface area (Å²) in [5, 5.41) is 0. The number of aryl methyl sites for hydroxylation is 1. The van der Waals surface area contributed by atoms with Crippen molar-refractivity contribution in [3.05, 3.63) is 23.3 Å². The Hall–Kier alpha value is -1.29. The van der Waals surface area contributed by atoms with Gasteiger partial charge in [0, 0.05) is 12.8 Å². The van der Waals surface area contributed by atoms with E-state index in [0.29, 0.717) is 11.4 Å². The Labute approximate surface area is 101 Å². The Morgan fingerprint density at radius 3 is 2.76 bits per heavy atom. The lowest BCUT2D eigenvalue weighted by atomic mass is 9.95. The summed E-state index contributed by atoms with van der Waals surface area (Å²) in [6.45, 7) is 6.15. The van der Waals surface area contributed by atoms with Crippen molar-refractivity contribution in [3.8, 4) is 0 Å². The summed E-state index contributed by atoms with van der Waals surface area (Å²) < 4.78 is 5.80. The highest BCUT2D eigenvalue weighted by molar-refractivity contribution is 5.94. The van der Waals surface area contributed by atoms with Gasteiger partial charge in [0.05, 0.1) is 11.3 Å². The smallest absolute Gasteiger partial charge is 0.163 e. The minimum absolute atomic E-state index is 0.00349. The predicted molar refractivity (Wildman–Crippen MR) is 63.9 cm³/mol. The zero-order valence-electron chi connectivity index (χ0n) is 10.6. The number of nitrogens with zero attached hydrogens (tertiary/aromatic N) is 2. The van der Waals surface area contributed by atoms with Crippen LogP contribution in [0.25, 0.3) is 0 Å². The summed E-state index contributed by atoms with van der Waals surface area (Å²) >= 11 is 0. The third-order valence-electron chi connectivity index (χ3n) is 3.30. The molecule has 0 amide bonds. The number of hydrogen-bond donors (Lipinski definition) is 0. The maximum absolute atomic E-state index is 11.3. The van der Waals surface area contributed by atoms with Gasteiger partial charge in [-0.3, -0.25) is 4.79 Å². The van der Waals surface area contributed by atoms with E-state index in [1.807, 2.05) is 13.8 Å². The number of Topliss-reactive ketones (excluding diaryl/α,β-unsaturated/α-hetero) is 1. The van der Waals surface area contributed by atoms with Crippen LogP contribution < -0.4 is 0 Å². The molecule has 92 valence electrons. The average molecular weight is 234 g/mol. The van der Waals surface area contributed by atoms with Crippen LogP contribution in [0.2, 0.25) is 0 Å². The minimum Gasteiger partial charge on any atom is -0.367 e. The van der Waals surface area contributed by atoms with Gasteiger partial charge in [0.1, 0.15) is 5.60 Å². The quantitative estimate of drug-likeness (QED) is 0.737. The van der Waals surface area contributed by atoms with Crippen LogP contribution in [-0.4, -0.2) is 22.4 Å². The largest absolute Gasteiger partial charge is 0.367 e. The minimum atomic E-state index is -0.391. The van der Waals surface area contributed by atoms with Crippen LogP contribution in [0.5, 0.6) is 0 Å². The fraction of sp³-hybridized carbons (Fsp3) is 0.615. The summed E-state index contributed by atoms with van der Waals surface area (Å²) in [5.74, 6) is 0.698. The van der Waals surface area contributed by atoms with Gasteiger partial charge in [-0.05, 0) is 40.0 Å². The van der Waals surface area contributed by atoms with Gasteiger partial charge in [-0.15, -0.1) is 0 Å². The summed E-state index contributed by atoms with van der Waals surface area (Å²) in [7, 11) is 0. The number of rotatable bonds is 2. The molecule has 0 N–H and O–H groups in total. The van der Waals surface area contributed by atoms with Gasteiger partial charge in [-0.25, -0.2) is 9.97 Å². The van der Waals surface area contributed by atoms with Crippen molar-refractivity contribution in [2.24, 2.45) is 0 Å². The number of aromatic nitrogens is 2. The van der Waals surface area contributed by atoms with E-state index in [-0.39, 0.29) is 5.78 Å². The Bertz CT molecular complexity index is 437. The summed E-state index contributed by atoms with van der Waals surface area (Å²) in [6.07, 6.45) is 4.78. The molecule has 0 aromatic carbocycles. The second-order valence-corrected chi connectivity index (χ2v) is 4.79. The summed E-state index contributed by atoms with van der Waals surface area (Å²) in [5.41, 5.74) is 0.935. The first kappa shape index (κ1) is 12.2. The summed E-state index contributed by atoms with van der Waals surface area (Å²) in [6, 6.07) is 0. The van der Waals surface area contributed by atoms with Gasteiger partial charge < -0.3 is 4.74 Å². The van der Waals surface area contributed by atoms with Crippen LogP contribution in [-0.2, 0) is 10.3 Å². The van der Waals surface area contributed by atoms with E-state index in [9.17, 15) is 4.79 Å². The number of ether oxygens (including phenoxy) is 1. The normalized spacial score (nSPS) is 24.6. The van der Waals surface area contributed by atoms with Crippen molar-refractivity contribution in [1.29, 1.82) is 0 Å². The number of carbonyl (C=O) groups excluding carboxylic acids is 1. The molecule has 4 nitrogen and oxygen atoms in total. The van der Waals surface area contributed by atoms with Gasteiger partial charge in [0.15, 0.2) is 11.6 Å². The van der Waals surface area contributed by atoms with Crippen LogP contribution in [0.4, 0.5) is 0 Å². The zero-order valence-corrected chi connectivity index (χ0v) is 10.6. The molecule has 0 bridgehead atoms. The van der Waals surface area contributed by atoms with Crippen LogP contribution in [0.15, 0.2) is 6.20 Å². The zero-order chi connectivity index (χ0) is 12.5. The van der Waals surface area contributed by atoms with E-state index in [1.165, 1.54) is 6.92 Å². The molecule has 1 aliphatic rings. The van der Waals surface area contributed by atoms with E-state index < -0.39 is 5.60 Å². The van der Waals surface area contributed by atoms with Crippen molar-refractivity contribution in [2.75, 3.05) is 6.61 Å². The molecule has 1 aliphatic heterocycles. The van der Waals surface area contributed by atoms with Crippen molar-refractivity contribution in [2.45, 2.75) is 45.6 Å². The average Bonchev–Trinajstić information content (AvgIpc) is 2.29. The molecule has 2 heterocycles. The predicted octanol–water partition coefficient (Wildman–Crippen LogP) is 2.40. The van der Waals surface area contributed by atoms with Crippen molar-refractivity contribution in [3.63, 3.8) is 0 Å². The monoisotopic (exact) mass is 234 g/mol. The van der Waals surface area contributed by atoms with Gasteiger partial charge in [-0.1, -0.05) is 0 Å². The molecule has 1 aromatic heterocycles. The van der Waals surface area contributed by atoms with E-state index in [1.54, 1.807) is 6.20 Å². The molecular weight excluding hydrogens is 216 g/mol. The molecule has 0 radical (unpaired) electrons. The highest BCUT2D eigenvalue weighted by Gasteiger charge is 2.33. The van der Waals surface area contributed by atoms with Crippen molar-refractivity contribution < 1.29 is 9.53 Å². The van der Waals surface area contributed by atoms with Gasteiger partial charge >= 0.3 is 0 Å². The standard InChI is InChI=1S/C13H18N2O2/c1-9-11(10(2)16)8-14-12(15-9)13(3)6-4-5-7-17-13/h8H,4-7H2,1-3H3. The Morgan fingerprint density at radius 1 is 1.47 bits per heavy atom. The number of carbonyl (C=O) groups is 1. The molecule has 0 aliphatic carbocycles. The SMILES string of the molecule is CC(=O)c1cnc(C2(C)CCCCO2)nc1C. The fourth-order valence-electron chi connectivity index (χ4n) is 2.18. The molecular formula is C13H18N2O2. The molecule has 1 aromatic rings. The van der Waals surface area contributed by atoms with Crippen LogP contribution >= 0.6 is 0 Å². The molecule has 2 rings (SSSR count). The van der Waals surface area contributed by atoms with Gasteiger partial charge in [0.2, 0.25) is 0 Å².